The van der Waals surface area contributed by atoms with Crippen LogP contribution in [-0.2, 0) is 4.74 Å². The van der Waals surface area contributed by atoms with Crippen molar-refractivity contribution >= 4 is 17.9 Å². The highest BCUT2D eigenvalue weighted by Gasteiger charge is 2.32. The number of ether oxygens (including phenoxy) is 1. The maximum absolute atomic E-state index is 12.6. The normalized spacial score (nSPS) is 18.8. The molecule has 3 rings (SSSR count). The van der Waals surface area contributed by atoms with Crippen LogP contribution in [0.25, 0.3) is 0 Å². The van der Waals surface area contributed by atoms with Crippen molar-refractivity contribution in [3.8, 4) is 0 Å². The van der Waals surface area contributed by atoms with Crippen molar-refractivity contribution in [2.75, 3.05) is 38.1 Å². The first-order valence-corrected chi connectivity index (χ1v) is 9.03. The van der Waals surface area contributed by atoms with Crippen molar-refractivity contribution in [2.45, 2.75) is 39.7 Å². The van der Waals surface area contributed by atoms with Gasteiger partial charge in [0.1, 0.15) is 5.82 Å². The Hall–Kier alpha value is -2.25. The third-order valence-corrected chi connectivity index (χ3v) is 4.88. The lowest BCUT2D eigenvalue weighted by Gasteiger charge is -2.34. The summed E-state index contributed by atoms with van der Waals surface area (Å²) in [4.78, 5) is 27.7. The lowest BCUT2D eigenvalue weighted by Crippen LogP contribution is -2.51. The SMILES string of the molecule is CCOC(=O)N1CCN(C(=O)Nc2cc(C)nn2C(C)C2CC2)CC1. The molecule has 25 heavy (non-hydrogen) atoms. The van der Waals surface area contributed by atoms with Crippen LogP contribution >= 0.6 is 0 Å². The number of amides is 3. The highest BCUT2D eigenvalue weighted by molar-refractivity contribution is 5.88. The Bertz CT molecular complexity index is 632. The molecule has 1 aromatic rings. The van der Waals surface area contributed by atoms with E-state index in [0.717, 1.165) is 11.5 Å². The van der Waals surface area contributed by atoms with Gasteiger partial charge in [0.15, 0.2) is 0 Å². The first kappa shape index (κ1) is 17.6. The number of aromatic nitrogens is 2. The molecule has 1 unspecified atom stereocenters. The molecule has 1 aliphatic carbocycles. The molecule has 8 nitrogen and oxygen atoms in total. The van der Waals surface area contributed by atoms with Gasteiger partial charge < -0.3 is 14.5 Å². The molecule has 0 aromatic carbocycles. The molecule has 2 aliphatic rings. The number of carbonyl (C=O) groups excluding carboxylic acids is 2. The Morgan fingerprint density at radius 1 is 1.28 bits per heavy atom. The first-order chi connectivity index (χ1) is 12.0. The van der Waals surface area contributed by atoms with Crippen LogP contribution in [0.1, 0.15) is 38.4 Å². The number of rotatable bonds is 4. The minimum Gasteiger partial charge on any atom is -0.450 e. The van der Waals surface area contributed by atoms with Gasteiger partial charge in [0.25, 0.3) is 0 Å². The topological polar surface area (TPSA) is 79.7 Å². The van der Waals surface area contributed by atoms with Crippen LogP contribution < -0.4 is 5.32 Å². The number of hydrogen-bond acceptors (Lipinski definition) is 4. The summed E-state index contributed by atoms with van der Waals surface area (Å²) in [6, 6.07) is 2.06. The molecule has 138 valence electrons. The maximum Gasteiger partial charge on any atom is 0.409 e. The molecule has 0 radical (unpaired) electrons. The van der Waals surface area contributed by atoms with E-state index in [1.807, 2.05) is 17.7 Å². The van der Waals surface area contributed by atoms with Gasteiger partial charge in [-0.05, 0) is 39.5 Å². The zero-order chi connectivity index (χ0) is 18.0. The lowest BCUT2D eigenvalue weighted by molar-refractivity contribution is 0.0868. The van der Waals surface area contributed by atoms with E-state index < -0.39 is 0 Å². The second-order valence-corrected chi connectivity index (χ2v) is 6.80. The average molecular weight is 349 g/mol. The number of anilines is 1. The number of nitrogens with one attached hydrogen (secondary N) is 1. The van der Waals surface area contributed by atoms with Gasteiger partial charge in [-0.15, -0.1) is 0 Å². The third kappa shape index (κ3) is 4.05. The van der Waals surface area contributed by atoms with Gasteiger partial charge in [-0.25, -0.2) is 14.3 Å². The summed E-state index contributed by atoms with van der Waals surface area (Å²) in [6.07, 6.45) is 2.14. The van der Waals surface area contributed by atoms with E-state index >= 15 is 0 Å². The Kier molecular flexibility index (Phi) is 5.15. The number of nitrogens with zero attached hydrogens (tertiary/aromatic N) is 4. The van der Waals surface area contributed by atoms with Gasteiger partial charge in [0, 0.05) is 32.2 Å². The predicted octanol–water partition coefficient (Wildman–Crippen LogP) is 2.47. The fourth-order valence-electron chi connectivity index (χ4n) is 3.19. The van der Waals surface area contributed by atoms with E-state index in [4.69, 9.17) is 4.74 Å². The van der Waals surface area contributed by atoms with Gasteiger partial charge in [0.05, 0.1) is 18.3 Å². The van der Waals surface area contributed by atoms with Crippen molar-refractivity contribution in [3.05, 3.63) is 11.8 Å². The number of carbonyl (C=O) groups is 2. The minimum absolute atomic E-state index is 0.146. The van der Waals surface area contributed by atoms with Crippen molar-refractivity contribution in [3.63, 3.8) is 0 Å². The van der Waals surface area contributed by atoms with E-state index in [0.29, 0.717) is 44.7 Å². The summed E-state index contributed by atoms with van der Waals surface area (Å²) in [5.41, 5.74) is 0.898. The Labute approximate surface area is 148 Å². The molecule has 1 N–H and O–H groups in total. The largest absolute Gasteiger partial charge is 0.450 e. The maximum atomic E-state index is 12.6. The summed E-state index contributed by atoms with van der Waals surface area (Å²) in [5.74, 6) is 1.40. The molecule has 3 amide bonds. The second kappa shape index (κ2) is 7.33. The van der Waals surface area contributed by atoms with Crippen LogP contribution in [0.5, 0.6) is 0 Å². The van der Waals surface area contributed by atoms with E-state index in [1.165, 1.54) is 12.8 Å². The van der Waals surface area contributed by atoms with Crippen LogP contribution in [-0.4, -0.2) is 64.5 Å². The highest BCUT2D eigenvalue weighted by Crippen LogP contribution is 2.40. The zero-order valence-corrected chi connectivity index (χ0v) is 15.2. The second-order valence-electron chi connectivity index (χ2n) is 6.80. The summed E-state index contributed by atoms with van der Waals surface area (Å²) in [7, 11) is 0. The molecule has 1 saturated carbocycles. The fourth-order valence-corrected chi connectivity index (χ4v) is 3.19. The molecule has 2 heterocycles. The molecule has 2 fully saturated rings. The summed E-state index contributed by atoms with van der Waals surface area (Å²) >= 11 is 0. The van der Waals surface area contributed by atoms with Crippen LogP contribution in [0.2, 0.25) is 0 Å². The molecule has 1 aliphatic heterocycles. The quantitative estimate of drug-likeness (QED) is 0.905. The molecular formula is C17H27N5O3. The number of aryl methyl sites for hydroxylation is 1. The monoisotopic (exact) mass is 349 g/mol. The van der Waals surface area contributed by atoms with Crippen molar-refractivity contribution in [1.82, 2.24) is 19.6 Å². The summed E-state index contributed by atoms with van der Waals surface area (Å²) in [5, 5.41) is 7.53. The Morgan fingerprint density at radius 2 is 1.92 bits per heavy atom. The lowest BCUT2D eigenvalue weighted by atomic mass is 10.2. The van der Waals surface area contributed by atoms with Crippen LogP contribution in [0.4, 0.5) is 15.4 Å². The Morgan fingerprint density at radius 3 is 2.52 bits per heavy atom. The van der Waals surface area contributed by atoms with E-state index in [-0.39, 0.29) is 12.1 Å². The first-order valence-electron chi connectivity index (χ1n) is 9.03. The Balaban J connectivity index is 1.57. The van der Waals surface area contributed by atoms with Gasteiger partial charge in [-0.3, -0.25) is 5.32 Å². The summed E-state index contributed by atoms with van der Waals surface area (Å²) in [6.45, 7) is 8.21. The van der Waals surface area contributed by atoms with Gasteiger partial charge in [0.2, 0.25) is 0 Å². The number of piperazine rings is 1. The minimum atomic E-state index is -0.311. The van der Waals surface area contributed by atoms with Crippen molar-refractivity contribution < 1.29 is 14.3 Å². The standard InChI is InChI=1S/C17H27N5O3/c1-4-25-17(24)21-9-7-20(8-10-21)16(23)18-15-11-12(2)19-22(15)13(3)14-5-6-14/h11,13-14H,4-10H2,1-3H3,(H,18,23). The highest BCUT2D eigenvalue weighted by atomic mass is 16.6. The third-order valence-electron chi connectivity index (χ3n) is 4.88. The van der Waals surface area contributed by atoms with Crippen LogP contribution in [0.15, 0.2) is 6.07 Å². The molecule has 8 heteroatoms. The molecule has 1 saturated heterocycles. The van der Waals surface area contributed by atoms with Gasteiger partial charge in [-0.1, -0.05) is 0 Å². The average Bonchev–Trinajstić information content (AvgIpc) is 3.38. The zero-order valence-electron chi connectivity index (χ0n) is 15.2. The number of hydrogen-bond donors (Lipinski definition) is 1. The molecule has 0 spiro atoms. The number of urea groups is 1. The summed E-state index contributed by atoms with van der Waals surface area (Å²) < 4.78 is 6.93. The molecule has 1 atom stereocenters. The smallest absolute Gasteiger partial charge is 0.409 e. The molecular weight excluding hydrogens is 322 g/mol. The van der Waals surface area contributed by atoms with E-state index in [9.17, 15) is 9.59 Å². The molecule has 1 aromatic heterocycles. The van der Waals surface area contributed by atoms with Gasteiger partial charge in [-0.2, -0.15) is 5.10 Å². The van der Waals surface area contributed by atoms with Crippen molar-refractivity contribution in [1.29, 1.82) is 0 Å². The van der Waals surface area contributed by atoms with Crippen LogP contribution in [0.3, 0.4) is 0 Å². The molecule has 0 bridgehead atoms. The van der Waals surface area contributed by atoms with Crippen LogP contribution in [0, 0.1) is 12.8 Å². The van der Waals surface area contributed by atoms with E-state index in [2.05, 4.69) is 17.3 Å². The van der Waals surface area contributed by atoms with Crippen molar-refractivity contribution in [2.24, 2.45) is 5.92 Å². The van der Waals surface area contributed by atoms with E-state index in [1.54, 1.807) is 16.7 Å². The predicted molar refractivity (Wildman–Crippen MR) is 93.6 cm³/mol. The fraction of sp³-hybridized carbons (Fsp3) is 0.706. The van der Waals surface area contributed by atoms with Gasteiger partial charge >= 0.3 is 12.1 Å².